The minimum absolute atomic E-state index is 0.524. The molecule has 0 saturated carbocycles. The van der Waals surface area contributed by atoms with Crippen molar-refractivity contribution >= 4 is 17.1 Å². The molecule has 3 N–H and O–H groups in total. The van der Waals surface area contributed by atoms with Gasteiger partial charge in [-0.2, -0.15) is 10.2 Å². The average Bonchev–Trinajstić information content (AvgIpc) is 2.70. The molecule has 0 atom stereocenters. The highest BCUT2D eigenvalue weighted by Crippen LogP contribution is 2.22. The summed E-state index contributed by atoms with van der Waals surface area (Å²) in [6, 6.07) is 15.6. The molecule has 2 aromatic carbocycles. The third kappa shape index (κ3) is 7.81. The number of nitrogens with two attached hydrogens (primary N) is 1. The number of anilines is 2. The van der Waals surface area contributed by atoms with Crippen LogP contribution in [-0.2, 0) is 0 Å². The molecule has 0 aliphatic rings. The van der Waals surface area contributed by atoms with Crippen LogP contribution in [0.5, 0.6) is 5.75 Å². The first-order valence-corrected chi connectivity index (χ1v) is 8.76. The van der Waals surface area contributed by atoms with Gasteiger partial charge in [0.25, 0.3) is 0 Å². The molecule has 2 rings (SSSR count). The Morgan fingerprint density at radius 2 is 1.62 bits per heavy atom. The first-order chi connectivity index (χ1) is 12.7. The van der Waals surface area contributed by atoms with Crippen molar-refractivity contribution in [2.75, 3.05) is 33.2 Å². The predicted molar refractivity (Wildman–Crippen MR) is 108 cm³/mol. The summed E-state index contributed by atoms with van der Waals surface area (Å²) in [4.78, 5) is 1.96. The summed E-state index contributed by atoms with van der Waals surface area (Å²) in [5, 5.41) is 13.7. The summed E-state index contributed by atoms with van der Waals surface area (Å²) < 4.78 is 5.15. The Labute approximate surface area is 156 Å². The van der Waals surface area contributed by atoms with Gasteiger partial charge in [-0.05, 0) is 48.5 Å². The van der Waals surface area contributed by atoms with Crippen molar-refractivity contribution in [1.82, 2.24) is 4.90 Å². The van der Waals surface area contributed by atoms with Crippen LogP contribution < -0.4 is 15.4 Å². The second-order valence-corrected chi connectivity index (χ2v) is 5.22. The number of rotatable bonds is 8. The molecule has 0 spiro atoms. The number of hydrogen-bond donors (Lipinski definition) is 2. The number of ether oxygens (including phenoxy) is 1. The first-order valence-electron chi connectivity index (χ1n) is 8.76. The molecule has 0 aliphatic carbocycles. The Morgan fingerprint density at radius 3 is 2.15 bits per heavy atom. The van der Waals surface area contributed by atoms with Gasteiger partial charge in [-0.15, -0.1) is 0 Å². The Bertz CT molecular complexity index is 666. The Hall–Kier alpha value is -2.86. The standard InChI is InChI=1S/C18H23N5O.C2H6/c1-19-12-13-23(2)14-20-22-17-6-4-15(5-7-17)21-16-8-10-18(24-3)11-9-16;1-2/h4-13,19,21H,14H2,1-3H3;1-2H3/p+1/b13-12-,22-20?;. The zero-order chi connectivity index (χ0) is 19.2. The summed E-state index contributed by atoms with van der Waals surface area (Å²) in [6.07, 6.45) is 3.93. The van der Waals surface area contributed by atoms with E-state index in [2.05, 4.69) is 15.5 Å². The van der Waals surface area contributed by atoms with Crippen molar-refractivity contribution in [3.8, 4) is 5.75 Å². The van der Waals surface area contributed by atoms with Gasteiger partial charge in [-0.1, -0.05) is 13.8 Å². The van der Waals surface area contributed by atoms with Gasteiger partial charge in [0.05, 0.1) is 26.0 Å². The zero-order valence-corrected chi connectivity index (χ0v) is 16.3. The van der Waals surface area contributed by atoms with E-state index in [0.29, 0.717) is 6.67 Å². The summed E-state index contributed by atoms with van der Waals surface area (Å²) in [5.41, 5.74) is 2.83. The fourth-order valence-corrected chi connectivity index (χ4v) is 1.95. The van der Waals surface area contributed by atoms with Crippen LogP contribution in [0.4, 0.5) is 17.1 Å². The van der Waals surface area contributed by atoms with Gasteiger partial charge in [0.15, 0.2) is 0 Å². The van der Waals surface area contributed by atoms with E-state index in [0.717, 1.165) is 22.8 Å². The highest BCUT2D eigenvalue weighted by Gasteiger charge is 1.97. The highest BCUT2D eigenvalue weighted by atomic mass is 16.5. The topological polar surface area (TPSA) is 65.8 Å². The minimum atomic E-state index is 0.524. The summed E-state index contributed by atoms with van der Waals surface area (Å²) in [7, 11) is 5.60. The van der Waals surface area contributed by atoms with Gasteiger partial charge in [0, 0.05) is 18.4 Å². The molecule has 0 aliphatic heterocycles. The largest absolute Gasteiger partial charge is 0.497 e. The molecular formula is C20H30N5O+. The highest BCUT2D eigenvalue weighted by molar-refractivity contribution is 5.62. The lowest BCUT2D eigenvalue weighted by atomic mass is 10.2. The molecule has 6 heteroatoms. The molecule has 0 saturated heterocycles. The minimum Gasteiger partial charge on any atom is -0.497 e. The van der Waals surface area contributed by atoms with Crippen LogP contribution in [0.1, 0.15) is 13.8 Å². The third-order valence-corrected chi connectivity index (χ3v) is 3.25. The van der Waals surface area contributed by atoms with Crippen molar-refractivity contribution in [1.29, 1.82) is 0 Å². The van der Waals surface area contributed by atoms with Crippen LogP contribution in [0, 0.1) is 0 Å². The lowest BCUT2D eigenvalue weighted by molar-refractivity contribution is -0.557. The maximum Gasteiger partial charge on any atom is 0.131 e. The summed E-state index contributed by atoms with van der Waals surface area (Å²) in [5.74, 6) is 0.841. The van der Waals surface area contributed by atoms with E-state index < -0.39 is 0 Å². The van der Waals surface area contributed by atoms with Crippen molar-refractivity contribution in [3.63, 3.8) is 0 Å². The number of nitrogens with zero attached hydrogens (tertiary/aromatic N) is 3. The van der Waals surface area contributed by atoms with Gasteiger partial charge in [0.1, 0.15) is 18.6 Å². The smallest absolute Gasteiger partial charge is 0.131 e. The maximum atomic E-state index is 5.15. The fraction of sp³-hybridized carbons (Fsp3) is 0.300. The van der Waals surface area contributed by atoms with E-state index in [1.54, 1.807) is 7.11 Å². The average molecular weight is 356 g/mol. The van der Waals surface area contributed by atoms with E-state index in [1.165, 1.54) is 0 Å². The van der Waals surface area contributed by atoms with Crippen molar-refractivity contribution in [3.05, 3.63) is 60.9 Å². The molecule has 0 fully saturated rings. The van der Waals surface area contributed by atoms with E-state index >= 15 is 0 Å². The van der Waals surface area contributed by atoms with Gasteiger partial charge in [-0.3, -0.25) is 0 Å². The fourth-order valence-electron chi connectivity index (χ4n) is 1.95. The second kappa shape index (κ2) is 12.5. The van der Waals surface area contributed by atoms with Crippen molar-refractivity contribution < 1.29 is 10.1 Å². The Morgan fingerprint density at radius 1 is 1.04 bits per heavy atom. The number of hydrogen-bond acceptors (Lipinski definition) is 5. The lowest BCUT2D eigenvalue weighted by Crippen LogP contribution is -2.72. The molecule has 0 bridgehead atoms. The molecular weight excluding hydrogens is 326 g/mol. The number of benzene rings is 2. The van der Waals surface area contributed by atoms with E-state index in [-0.39, 0.29) is 0 Å². The Balaban J connectivity index is 0.00000163. The van der Waals surface area contributed by atoms with Crippen LogP contribution >= 0.6 is 0 Å². The molecule has 26 heavy (non-hydrogen) atoms. The molecule has 0 heterocycles. The third-order valence-electron chi connectivity index (χ3n) is 3.25. The predicted octanol–water partition coefficient (Wildman–Crippen LogP) is 4.10. The van der Waals surface area contributed by atoms with E-state index in [9.17, 15) is 0 Å². The number of methoxy groups -OCH3 is 1. The van der Waals surface area contributed by atoms with Crippen molar-refractivity contribution in [2.45, 2.75) is 13.8 Å². The molecule has 2 aromatic rings. The first kappa shape index (κ1) is 21.2. The molecule has 0 unspecified atom stereocenters. The van der Waals surface area contributed by atoms with Crippen LogP contribution in [0.3, 0.4) is 0 Å². The van der Waals surface area contributed by atoms with Gasteiger partial charge in [0.2, 0.25) is 0 Å². The molecule has 6 nitrogen and oxygen atoms in total. The number of quaternary nitrogens is 1. The number of azo groups is 1. The van der Waals surface area contributed by atoms with Crippen LogP contribution in [0.15, 0.2) is 71.2 Å². The molecule has 140 valence electrons. The quantitative estimate of drug-likeness (QED) is 0.700. The summed E-state index contributed by atoms with van der Waals surface area (Å²) >= 11 is 0. The van der Waals surface area contributed by atoms with Gasteiger partial charge in [-0.25, -0.2) is 0 Å². The van der Waals surface area contributed by atoms with Gasteiger partial charge < -0.3 is 20.3 Å². The SMILES string of the molecule is CC.C[NH2+]/C=C\N(C)CN=Nc1ccc(Nc2ccc(OC)cc2)cc1. The van der Waals surface area contributed by atoms with Crippen LogP contribution in [0.2, 0.25) is 0 Å². The van der Waals surface area contributed by atoms with Crippen molar-refractivity contribution in [2.24, 2.45) is 10.2 Å². The summed E-state index contributed by atoms with van der Waals surface area (Å²) in [6.45, 7) is 4.52. The van der Waals surface area contributed by atoms with E-state index in [4.69, 9.17) is 4.74 Å². The molecule has 0 aromatic heterocycles. The Kier molecular flexibility index (Phi) is 10.2. The normalized spacial score (nSPS) is 10.5. The lowest BCUT2D eigenvalue weighted by Gasteiger charge is -2.08. The van der Waals surface area contributed by atoms with Crippen LogP contribution in [-0.4, -0.2) is 32.8 Å². The zero-order valence-electron chi connectivity index (χ0n) is 16.3. The maximum absolute atomic E-state index is 5.15. The monoisotopic (exact) mass is 356 g/mol. The second-order valence-electron chi connectivity index (χ2n) is 5.22. The number of nitrogens with one attached hydrogen (secondary N) is 1. The molecule has 0 radical (unpaired) electrons. The van der Waals surface area contributed by atoms with Gasteiger partial charge >= 0.3 is 0 Å². The van der Waals surface area contributed by atoms with E-state index in [1.807, 2.05) is 99.1 Å². The molecule has 0 amide bonds. The van der Waals surface area contributed by atoms with Crippen LogP contribution in [0.25, 0.3) is 0 Å².